The first-order valence-corrected chi connectivity index (χ1v) is 7.51. The lowest BCUT2D eigenvalue weighted by atomic mass is 9.81. The van der Waals surface area contributed by atoms with Crippen LogP contribution in [-0.2, 0) is 5.60 Å². The summed E-state index contributed by atoms with van der Waals surface area (Å²) >= 11 is 2.07. The molecule has 2 saturated heterocycles. The lowest BCUT2D eigenvalue weighted by Crippen LogP contribution is -2.40. The van der Waals surface area contributed by atoms with Gasteiger partial charge in [-0.3, -0.25) is 4.98 Å². The molecule has 1 aromatic heterocycles. The fourth-order valence-electron chi connectivity index (χ4n) is 3.14. The molecule has 2 bridgehead atoms. The lowest BCUT2D eigenvalue weighted by molar-refractivity contribution is 0.00763. The molecule has 2 fully saturated rings. The van der Waals surface area contributed by atoms with Gasteiger partial charge in [-0.05, 0) is 31.7 Å². The smallest absolute Gasteiger partial charge is 0.137 e. The van der Waals surface area contributed by atoms with Crippen LogP contribution in [0.1, 0.15) is 37.7 Å². The molecule has 0 radical (unpaired) electrons. The van der Waals surface area contributed by atoms with Crippen LogP contribution in [0.4, 0.5) is 0 Å². The molecular weight excluding hydrogens is 246 g/mol. The molecule has 3 nitrogen and oxygen atoms in total. The molecular formula is C14H19NO2S. The predicted molar refractivity (Wildman–Crippen MR) is 72.9 cm³/mol. The Morgan fingerprint density at radius 2 is 2.06 bits per heavy atom. The molecule has 0 spiro atoms. The molecule has 2 aliphatic rings. The number of rotatable bonds is 2. The van der Waals surface area contributed by atoms with Crippen molar-refractivity contribution in [1.29, 1.82) is 0 Å². The number of aliphatic hydroxyl groups is 1. The second-order valence-corrected chi connectivity index (χ2v) is 6.97. The summed E-state index contributed by atoms with van der Waals surface area (Å²) in [6.45, 7) is 0. The van der Waals surface area contributed by atoms with Crippen molar-refractivity contribution in [3.05, 3.63) is 24.0 Å². The van der Waals surface area contributed by atoms with E-state index in [1.165, 1.54) is 19.3 Å². The Labute approximate surface area is 112 Å². The first-order valence-electron chi connectivity index (χ1n) is 6.57. The van der Waals surface area contributed by atoms with E-state index in [1.54, 1.807) is 19.5 Å². The third kappa shape index (κ3) is 2.24. The first kappa shape index (κ1) is 12.3. The first-order chi connectivity index (χ1) is 8.69. The molecule has 1 N–H and O–H groups in total. The van der Waals surface area contributed by atoms with Crippen LogP contribution in [0.2, 0.25) is 0 Å². The molecule has 98 valence electrons. The van der Waals surface area contributed by atoms with Crippen molar-refractivity contribution in [2.45, 2.75) is 48.2 Å². The third-order valence-electron chi connectivity index (χ3n) is 4.05. The average Bonchev–Trinajstić information content (AvgIpc) is 2.38. The largest absolute Gasteiger partial charge is 0.495 e. The number of methoxy groups -OCH3 is 1. The summed E-state index contributed by atoms with van der Waals surface area (Å²) < 4.78 is 5.21. The van der Waals surface area contributed by atoms with E-state index in [-0.39, 0.29) is 0 Å². The number of ether oxygens (including phenoxy) is 1. The summed E-state index contributed by atoms with van der Waals surface area (Å²) in [6, 6.07) is 1.93. The van der Waals surface area contributed by atoms with Gasteiger partial charge in [0.15, 0.2) is 0 Å². The van der Waals surface area contributed by atoms with E-state index in [2.05, 4.69) is 16.7 Å². The topological polar surface area (TPSA) is 42.4 Å². The van der Waals surface area contributed by atoms with Gasteiger partial charge in [0.25, 0.3) is 0 Å². The second kappa shape index (κ2) is 4.74. The molecule has 2 aliphatic heterocycles. The van der Waals surface area contributed by atoms with Gasteiger partial charge in [-0.2, -0.15) is 11.8 Å². The van der Waals surface area contributed by atoms with E-state index in [4.69, 9.17) is 4.74 Å². The van der Waals surface area contributed by atoms with Gasteiger partial charge in [0.05, 0.1) is 18.9 Å². The molecule has 0 amide bonds. The number of nitrogens with zero attached hydrogens (tertiary/aromatic N) is 1. The van der Waals surface area contributed by atoms with Gasteiger partial charge in [0, 0.05) is 22.3 Å². The SMILES string of the molecule is COc1cncc(C2(O)CC3CCCC(C2)S3)c1. The highest BCUT2D eigenvalue weighted by molar-refractivity contribution is 8.00. The number of pyridine rings is 1. The highest BCUT2D eigenvalue weighted by Crippen LogP contribution is 2.49. The van der Waals surface area contributed by atoms with Gasteiger partial charge in [-0.1, -0.05) is 6.42 Å². The Morgan fingerprint density at radius 1 is 1.33 bits per heavy atom. The van der Waals surface area contributed by atoms with E-state index in [0.29, 0.717) is 10.5 Å². The van der Waals surface area contributed by atoms with Gasteiger partial charge in [-0.15, -0.1) is 0 Å². The van der Waals surface area contributed by atoms with Crippen molar-refractivity contribution in [2.75, 3.05) is 7.11 Å². The van der Waals surface area contributed by atoms with E-state index in [0.717, 1.165) is 24.2 Å². The van der Waals surface area contributed by atoms with Crippen LogP contribution >= 0.6 is 11.8 Å². The summed E-state index contributed by atoms with van der Waals surface area (Å²) in [5.41, 5.74) is 0.210. The van der Waals surface area contributed by atoms with Crippen LogP contribution in [0.25, 0.3) is 0 Å². The summed E-state index contributed by atoms with van der Waals surface area (Å²) in [7, 11) is 1.64. The monoisotopic (exact) mass is 265 g/mol. The summed E-state index contributed by atoms with van der Waals surface area (Å²) in [5.74, 6) is 0.726. The molecule has 3 rings (SSSR count). The normalized spacial score (nSPS) is 35.2. The van der Waals surface area contributed by atoms with Crippen LogP contribution in [0.3, 0.4) is 0 Å². The maximum Gasteiger partial charge on any atom is 0.137 e. The van der Waals surface area contributed by atoms with Crippen molar-refractivity contribution >= 4 is 11.8 Å². The Kier molecular flexibility index (Phi) is 3.24. The Bertz CT molecular complexity index is 426. The summed E-state index contributed by atoms with van der Waals surface area (Å²) in [4.78, 5) is 4.18. The Morgan fingerprint density at radius 3 is 2.72 bits per heavy atom. The van der Waals surface area contributed by atoms with Crippen molar-refractivity contribution < 1.29 is 9.84 Å². The molecule has 4 heteroatoms. The predicted octanol–water partition coefficient (Wildman–Crippen LogP) is 2.73. The fraction of sp³-hybridized carbons (Fsp3) is 0.643. The zero-order valence-electron chi connectivity index (χ0n) is 10.6. The van der Waals surface area contributed by atoms with E-state index in [1.807, 2.05) is 6.07 Å². The fourth-order valence-corrected chi connectivity index (χ4v) is 5.03. The molecule has 2 atom stereocenters. The van der Waals surface area contributed by atoms with Crippen LogP contribution in [0.15, 0.2) is 18.5 Å². The molecule has 0 aliphatic carbocycles. The standard InChI is InChI=1S/C14H19NO2S/c1-17-11-5-10(8-15-9-11)14(16)6-12-3-2-4-13(7-14)18-12/h5,8-9,12-13,16H,2-4,6-7H2,1H3. The van der Waals surface area contributed by atoms with Crippen molar-refractivity contribution in [3.8, 4) is 5.75 Å². The average molecular weight is 265 g/mol. The number of thioether (sulfide) groups is 1. The van der Waals surface area contributed by atoms with Crippen LogP contribution in [-0.4, -0.2) is 27.7 Å². The molecule has 0 aromatic carbocycles. The zero-order chi connectivity index (χ0) is 12.6. The molecule has 1 aromatic rings. The van der Waals surface area contributed by atoms with E-state index < -0.39 is 5.60 Å². The third-order valence-corrected chi connectivity index (χ3v) is 5.63. The van der Waals surface area contributed by atoms with Crippen LogP contribution in [0.5, 0.6) is 5.75 Å². The maximum atomic E-state index is 11.0. The quantitative estimate of drug-likeness (QED) is 0.893. The number of aromatic nitrogens is 1. The Hall–Kier alpha value is -0.740. The zero-order valence-corrected chi connectivity index (χ0v) is 11.4. The van der Waals surface area contributed by atoms with Crippen LogP contribution < -0.4 is 4.74 Å². The molecule has 3 heterocycles. The van der Waals surface area contributed by atoms with Crippen molar-refractivity contribution in [2.24, 2.45) is 0 Å². The number of hydrogen-bond donors (Lipinski definition) is 1. The lowest BCUT2D eigenvalue weighted by Gasteiger charge is -2.44. The van der Waals surface area contributed by atoms with Crippen LogP contribution in [0, 0.1) is 0 Å². The molecule has 0 saturated carbocycles. The highest BCUT2D eigenvalue weighted by atomic mass is 32.2. The number of fused-ring (bicyclic) bond motifs is 2. The minimum atomic E-state index is -0.706. The van der Waals surface area contributed by atoms with Gasteiger partial charge in [-0.25, -0.2) is 0 Å². The summed E-state index contributed by atoms with van der Waals surface area (Å²) in [6.07, 6.45) is 8.96. The molecule has 18 heavy (non-hydrogen) atoms. The second-order valence-electron chi connectivity index (χ2n) is 5.36. The summed E-state index contributed by atoms with van der Waals surface area (Å²) in [5, 5.41) is 12.2. The molecule has 2 unspecified atom stereocenters. The minimum Gasteiger partial charge on any atom is -0.495 e. The van der Waals surface area contributed by atoms with Gasteiger partial charge >= 0.3 is 0 Å². The van der Waals surface area contributed by atoms with Gasteiger partial charge in [0.2, 0.25) is 0 Å². The van der Waals surface area contributed by atoms with Gasteiger partial charge in [0.1, 0.15) is 5.75 Å². The van der Waals surface area contributed by atoms with Gasteiger partial charge < -0.3 is 9.84 Å². The number of hydrogen-bond acceptors (Lipinski definition) is 4. The van der Waals surface area contributed by atoms with Crippen molar-refractivity contribution in [3.63, 3.8) is 0 Å². The maximum absolute atomic E-state index is 11.0. The Balaban J connectivity index is 1.89. The van der Waals surface area contributed by atoms with E-state index >= 15 is 0 Å². The van der Waals surface area contributed by atoms with E-state index in [9.17, 15) is 5.11 Å². The minimum absolute atomic E-state index is 0.605. The highest BCUT2D eigenvalue weighted by Gasteiger charge is 2.42. The van der Waals surface area contributed by atoms with Crippen molar-refractivity contribution in [1.82, 2.24) is 4.98 Å².